The van der Waals surface area contributed by atoms with Crippen molar-refractivity contribution in [2.45, 2.75) is 18.9 Å². The van der Waals surface area contributed by atoms with Crippen molar-refractivity contribution in [1.29, 1.82) is 0 Å². The van der Waals surface area contributed by atoms with E-state index in [4.69, 9.17) is 4.84 Å². The average molecular weight is 137 g/mol. The van der Waals surface area contributed by atoms with E-state index in [-0.39, 0.29) is 11.9 Å². The molecule has 0 fully saturated rings. The van der Waals surface area contributed by atoms with Crippen LogP contribution in [0, 0.1) is 0 Å². The summed E-state index contributed by atoms with van der Waals surface area (Å²) in [5.41, 5.74) is 0. The molecule has 0 saturated carbocycles. The molecule has 1 atom stereocenters. The van der Waals surface area contributed by atoms with Gasteiger partial charge < -0.3 is 0 Å². The Balaban J connectivity index is 2.43. The van der Waals surface area contributed by atoms with E-state index >= 15 is 0 Å². The maximum absolute atomic E-state index is 10.7. The predicted octanol–water partition coefficient (Wildman–Crippen LogP) is 0.290. The first-order valence-corrected chi connectivity index (χ1v) is 3.14. The van der Waals surface area contributed by atoms with Crippen molar-refractivity contribution in [2.24, 2.45) is 5.06 Å². The summed E-state index contributed by atoms with van der Waals surface area (Å²) in [6.45, 7) is 0. The molecule has 0 spiro atoms. The molecule has 0 amide bonds. The first-order valence-electron chi connectivity index (χ1n) is 3.14. The van der Waals surface area contributed by atoms with E-state index in [1.54, 1.807) is 12.2 Å². The van der Waals surface area contributed by atoms with Crippen molar-refractivity contribution in [3.8, 4) is 0 Å². The van der Waals surface area contributed by atoms with Crippen LogP contribution in [0.4, 0.5) is 0 Å². The molecule has 0 radical (unpaired) electrons. The predicted molar refractivity (Wildman–Crippen MR) is 37.8 cm³/mol. The number of rotatable bonds is 2. The summed E-state index contributed by atoms with van der Waals surface area (Å²) >= 11 is 0. The van der Waals surface area contributed by atoms with Crippen molar-refractivity contribution in [3.05, 3.63) is 12.2 Å². The molecular formula is C6H8BNO2. The molecule has 3 nitrogen and oxygen atoms in total. The van der Waals surface area contributed by atoms with Gasteiger partial charge in [0.05, 0.1) is 0 Å². The number of hydrogen-bond acceptors (Lipinski definition) is 3. The first-order chi connectivity index (χ1) is 4.83. The van der Waals surface area contributed by atoms with Crippen LogP contribution in [0.3, 0.4) is 0 Å². The third-order valence-corrected chi connectivity index (χ3v) is 1.36. The molecule has 52 valence electrons. The van der Waals surface area contributed by atoms with Gasteiger partial charge >= 0.3 is 59.2 Å². The average Bonchev–Trinajstić information content (AvgIpc) is 1.88. The first kappa shape index (κ1) is 7.19. The zero-order valence-corrected chi connectivity index (χ0v) is 5.62. The molecule has 0 unspecified atom stereocenters. The zero-order valence-electron chi connectivity index (χ0n) is 5.62. The van der Waals surface area contributed by atoms with Crippen LogP contribution in [0.2, 0.25) is 0 Å². The van der Waals surface area contributed by atoms with E-state index in [1.165, 1.54) is 0 Å². The van der Waals surface area contributed by atoms with E-state index in [1.807, 2.05) is 0 Å². The number of hydrogen-bond donors (Lipinski definition) is 0. The van der Waals surface area contributed by atoms with Gasteiger partial charge in [0.25, 0.3) is 0 Å². The third kappa shape index (κ3) is 1.79. The van der Waals surface area contributed by atoms with Gasteiger partial charge in [0, 0.05) is 0 Å². The van der Waals surface area contributed by atoms with Gasteiger partial charge in [-0.15, -0.1) is 0 Å². The molecule has 4 heteroatoms. The van der Waals surface area contributed by atoms with E-state index in [2.05, 4.69) is 12.7 Å². The fraction of sp³-hybridized carbons (Fsp3) is 0.500. The number of carbonyl (C=O) groups excluding carboxylic acids is 1. The summed E-state index contributed by atoms with van der Waals surface area (Å²) in [6, 6.07) is 0. The molecule has 0 aromatic carbocycles. The molecular weight excluding hydrogens is 129 g/mol. The second kappa shape index (κ2) is 3.30. The molecule has 0 aromatic rings. The molecule has 0 N–H and O–H groups in total. The van der Waals surface area contributed by atoms with Crippen LogP contribution in [0.15, 0.2) is 17.2 Å². The molecule has 1 aliphatic rings. The topological polar surface area (TPSA) is 38.7 Å². The Hall–Kier alpha value is -0.925. The summed E-state index contributed by atoms with van der Waals surface area (Å²) in [5, 5.41) is 3.26. The minimum absolute atomic E-state index is 0.0880. The SMILES string of the molecule is B=NO[C@H]1CC=CC(=O)C1. The number of ketones is 1. The van der Waals surface area contributed by atoms with Gasteiger partial charge in [-0.1, -0.05) is 0 Å². The van der Waals surface area contributed by atoms with Crippen LogP contribution in [-0.4, -0.2) is 19.5 Å². The summed E-state index contributed by atoms with van der Waals surface area (Å²) in [5.74, 6) is 0.0971. The molecule has 0 heterocycles. The van der Waals surface area contributed by atoms with Crippen LogP contribution in [-0.2, 0) is 9.63 Å². The Labute approximate surface area is 60.1 Å². The fourth-order valence-electron chi connectivity index (χ4n) is 0.913. The van der Waals surface area contributed by atoms with Crippen LogP contribution >= 0.6 is 0 Å². The number of allylic oxidation sites excluding steroid dienone is 1. The van der Waals surface area contributed by atoms with Crippen LogP contribution in [0.5, 0.6) is 0 Å². The molecule has 0 aliphatic heterocycles. The zero-order chi connectivity index (χ0) is 7.40. The molecule has 10 heavy (non-hydrogen) atoms. The Morgan fingerprint density at radius 3 is 3.20 bits per heavy atom. The monoisotopic (exact) mass is 137 g/mol. The van der Waals surface area contributed by atoms with Crippen LogP contribution < -0.4 is 0 Å². The van der Waals surface area contributed by atoms with E-state index < -0.39 is 0 Å². The van der Waals surface area contributed by atoms with Crippen molar-refractivity contribution in [2.75, 3.05) is 0 Å². The molecule has 0 bridgehead atoms. The molecule has 0 aromatic heterocycles. The van der Waals surface area contributed by atoms with E-state index in [0.717, 1.165) is 6.42 Å². The van der Waals surface area contributed by atoms with E-state index in [0.29, 0.717) is 6.42 Å². The quantitative estimate of drug-likeness (QED) is 0.405. The standard InChI is InChI=1S/C6H8BNO2/c7-8-10-6-3-1-2-5(9)4-6/h1-2,6-7H,3-4H2/t6-/m0/s1. The van der Waals surface area contributed by atoms with Gasteiger partial charge in [-0.05, 0) is 0 Å². The Morgan fingerprint density at radius 1 is 1.80 bits per heavy atom. The van der Waals surface area contributed by atoms with Gasteiger partial charge in [-0.25, -0.2) is 0 Å². The summed E-state index contributed by atoms with van der Waals surface area (Å²) in [4.78, 5) is 15.5. The van der Waals surface area contributed by atoms with Gasteiger partial charge in [-0.2, -0.15) is 0 Å². The summed E-state index contributed by atoms with van der Waals surface area (Å²) in [7, 11) is 3.17. The molecule has 1 rings (SSSR count). The maximum atomic E-state index is 10.7. The van der Waals surface area contributed by atoms with E-state index in [9.17, 15) is 4.79 Å². The van der Waals surface area contributed by atoms with Crippen LogP contribution in [0.1, 0.15) is 12.8 Å². The van der Waals surface area contributed by atoms with Crippen molar-refractivity contribution in [3.63, 3.8) is 0 Å². The van der Waals surface area contributed by atoms with Gasteiger partial charge in [0.2, 0.25) is 0 Å². The number of nitrogens with zero attached hydrogens (tertiary/aromatic N) is 1. The van der Waals surface area contributed by atoms with Crippen LogP contribution in [0.25, 0.3) is 0 Å². The second-order valence-electron chi connectivity index (χ2n) is 2.17. The van der Waals surface area contributed by atoms with Crippen molar-refractivity contribution >= 4 is 13.4 Å². The fourth-order valence-corrected chi connectivity index (χ4v) is 0.913. The van der Waals surface area contributed by atoms with Crippen molar-refractivity contribution < 1.29 is 9.63 Å². The molecule has 0 saturated heterocycles. The van der Waals surface area contributed by atoms with Crippen molar-refractivity contribution in [1.82, 2.24) is 0 Å². The Kier molecular flexibility index (Phi) is 2.37. The van der Waals surface area contributed by atoms with Gasteiger partial charge in [0.1, 0.15) is 0 Å². The molecule has 1 aliphatic carbocycles. The summed E-state index contributed by atoms with van der Waals surface area (Å²) in [6.07, 6.45) is 4.46. The van der Waals surface area contributed by atoms with Gasteiger partial charge in [-0.3, -0.25) is 0 Å². The van der Waals surface area contributed by atoms with Gasteiger partial charge in [0.15, 0.2) is 0 Å². The second-order valence-corrected chi connectivity index (χ2v) is 2.17. The minimum atomic E-state index is -0.0880. The Bertz CT molecular complexity index is 179. The summed E-state index contributed by atoms with van der Waals surface area (Å²) < 4.78 is 0. The normalized spacial score (nSPS) is 24.3. The Morgan fingerprint density at radius 2 is 2.60 bits per heavy atom. The third-order valence-electron chi connectivity index (χ3n) is 1.36. The number of carbonyl (C=O) groups is 1.